The van der Waals surface area contributed by atoms with Gasteiger partial charge in [-0.1, -0.05) is 0 Å². The van der Waals surface area contributed by atoms with Gasteiger partial charge in [-0.3, -0.25) is 14.6 Å². The topological polar surface area (TPSA) is 106 Å². The van der Waals surface area contributed by atoms with Gasteiger partial charge in [0.05, 0.1) is 6.54 Å². The lowest BCUT2D eigenvalue weighted by Gasteiger charge is -2.11. The van der Waals surface area contributed by atoms with Crippen molar-refractivity contribution in [3.8, 4) is 5.75 Å². The van der Waals surface area contributed by atoms with Gasteiger partial charge in [0, 0.05) is 18.6 Å². The van der Waals surface area contributed by atoms with Gasteiger partial charge in [-0.25, -0.2) is 4.98 Å². The predicted octanol–water partition coefficient (Wildman–Crippen LogP) is 2.78. The van der Waals surface area contributed by atoms with Crippen molar-refractivity contribution in [1.82, 2.24) is 15.3 Å². The van der Waals surface area contributed by atoms with Gasteiger partial charge in [0.15, 0.2) is 22.0 Å². The molecule has 0 atom stereocenters. The number of hydrogen-bond acceptors (Lipinski definition) is 6. The fourth-order valence-corrected chi connectivity index (χ4v) is 2.41. The molecule has 0 aliphatic carbocycles. The second kappa shape index (κ2) is 8.95. The van der Waals surface area contributed by atoms with Gasteiger partial charge in [-0.05, 0) is 57.9 Å². The number of halogens is 1. The van der Waals surface area contributed by atoms with Gasteiger partial charge in [-0.2, -0.15) is 0 Å². The molecule has 0 aliphatic heterocycles. The number of carbonyl (C=O) groups excluding carboxylic acids is 2. The van der Waals surface area contributed by atoms with E-state index in [4.69, 9.17) is 9.15 Å². The van der Waals surface area contributed by atoms with E-state index >= 15 is 0 Å². The van der Waals surface area contributed by atoms with Crippen LogP contribution in [0.15, 0.2) is 64.1 Å². The van der Waals surface area contributed by atoms with E-state index in [1.807, 2.05) is 12.1 Å². The van der Waals surface area contributed by atoms with Gasteiger partial charge < -0.3 is 19.8 Å². The van der Waals surface area contributed by atoms with E-state index in [1.165, 1.54) is 12.3 Å². The van der Waals surface area contributed by atoms with Crippen LogP contribution in [-0.2, 0) is 11.4 Å². The highest BCUT2D eigenvalue weighted by molar-refractivity contribution is 9.10. The zero-order chi connectivity index (χ0) is 19.1. The fraction of sp³-hybridized carbons (Fsp3) is 0.111. The lowest BCUT2D eigenvalue weighted by molar-refractivity contribution is -0.115. The molecule has 0 aliphatic rings. The number of carbonyl (C=O) groups is 2. The summed E-state index contributed by atoms with van der Waals surface area (Å²) in [5.74, 6) is -0.142. The van der Waals surface area contributed by atoms with E-state index in [-0.39, 0.29) is 18.1 Å². The summed E-state index contributed by atoms with van der Waals surface area (Å²) in [5, 5.41) is 5.09. The molecule has 0 saturated heterocycles. The van der Waals surface area contributed by atoms with Crippen LogP contribution in [0.2, 0.25) is 0 Å². The third kappa shape index (κ3) is 5.38. The Balaban J connectivity index is 1.55. The quantitative estimate of drug-likeness (QED) is 0.596. The normalized spacial score (nSPS) is 10.3. The monoisotopic (exact) mass is 430 g/mol. The van der Waals surface area contributed by atoms with E-state index in [0.29, 0.717) is 17.0 Å². The smallest absolute Gasteiger partial charge is 0.287 e. The largest absolute Gasteiger partial charge is 0.485 e. The van der Waals surface area contributed by atoms with Crippen molar-refractivity contribution in [3.05, 3.63) is 71.0 Å². The van der Waals surface area contributed by atoms with Gasteiger partial charge >= 0.3 is 0 Å². The van der Waals surface area contributed by atoms with Gasteiger partial charge in [0.25, 0.3) is 5.91 Å². The summed E-state index contributed by atoms with van der Waals surface area (Å²) in [6, 6.07) is 10.2. The van der Waals surface area contributed by atoms with Crippen molar-refractivity contribution in [3.63, 3.8) is 0 Å². The average molecular weight is 431 g/mol. The standard InChI is InChI=1S/C18H15BrN4O4/c19-15-4-3-14(27-15)18(25)22-10-16(24)23-17-13(2-1-7-21-17)26-11-12-5-8-20-9-6-12/h1-9H,10-11H2,(H,22,25)(H,21,23,24). The second-order valence-electron chi connectivity index (χ2n) is 5.33. The van der Waals surface area contributed by atoms with E-state index in [2.05, 4.69) is 36.5 Å². The third-order valence-electron chi connectivity index (χ3n) is 3.38. The molecule has 27 heavy (non-hydrogen) atoms. The summed E-state index contributed by atoms with van der Waals surface area (Å²) in [6.07, 6.45) is 4.88. The molecule has 0 bridgehead atoms. The van der Waals surface area contributed by atoms with Crippen molar-refractivity contribution in [2.45, 2.75) is 6.61 Å². The number of furan rings is 1. The summed E-state index contributed by atoms with van der Waals surface area (Å²) in [6.45, 7) is 0.0682. The van der Waals surface area contributed by atoms with E-state index in [9.17, 15) is 9.59 Å². The first-order valence-corrected chi connectivity index (χ1v) is 8.71. The maximum Gasteiger partial charge on any atom is 0.287 e. The van der Waals surface area contributed by atoms with Crippen LogP contribution in [-0.4, -0.2) is 28.3 Å². The number of rotatable bonds is 7. The number of nitrogens with one attached hydrogen (secondary N) is 2. The highest BCUT2D eigenvalue weighted by atomic mass is 79.9. The molecule has 0 radical (unpaired) electrons. The number of nitrogens with zero attached hydrogens (tertiary/aromatic N) is 2. The maximum atomic E-state index is 12.1. The van der Waals surface area contributed by atoms with Crippen molar-refractivity contribution in [2.24, 2.45) is 0 Å². The lowest BCUT2D eigenvalue weighted by atomic mass is 10.3. The molecule has 0 saturated carbocycles. The highest BCUT2D eigenvalue weighted by Gasteiger charge is 2.13. The Labute approximate surface area is 163 Å². The zero-order valence-corrected chi connectivity index (χ0v) is 15.6. The number of aromatic nitrogens is 2. The molecule has 3 heterocycles. The van der Waals surface area contributed by atoms with E-state index in [0.717, 1.165) is 5.56 Å². The molecule has 3 rings (SSSR count). The molecule has 0 unspecified atom stereocenters. The molecular formula is C18H15BrN4O4. The number of pyridine rings is 2. The molecule has 3 aromatic heterocycles. The summed E-state index contributed by atoms with van der Waals surface area (Å²) in [7, 11) is 0. The highest BCUT2D eigenvalue weighted by Crippen LogP contribution is 2.22. The molecule has 0 aromatic carbocycles. The van der Waals surface area contributed by atoms with Crippen LogP contribution in [0, 0.1) is 0 Å². The minimum Gasteiger partial charge on any atom is -0.485 e. The minimum atomic E-state index is -0.494. The lowest BCUT2D eigenvalue weighted by Crippen LogP contribution is -2.32. The Morgan fingerprint density at radius 1 is 1.11 bits per heavy atom. The fourth-order valence-electron chi connectivity index (χ4n) is 2.10. The average Bonchev–Trinajstić information content (AvgIpc) is 3.13. The van der Waals surface area contributed by atoms with Crippen LogP contribution in [0.3, 0.4) is 0 Å². The predicted molar refractivity (Wildman–Crippen MR) is 100 cm³/mol. The zero-order valence-electron chi connectivity index (χ0n) is 14.0. The van der Waals surface area contributed by atoms with Crippen molar-refractivity contribution in [2.75, 3.05) is 11.9 Å². The van der Waals surface area contributed by atoms with Crippen LogP contribution in [0.5, 0.6) is 5.75 Å². The van der Waals surface area contributed by atoms with Crippen LogP contribution in [0.1, 0.15) is 16.1 Å². The van der Waals surface area contributed by atoms with E-state index in [1.54, 1.807) is 30.6 Å². The minimum absolute atomic E-state index is 0.105. The molecule has 2 amide bonds. The number of ether oxygens (including phenoxy) is 1. The molecular weight excluding hydrogens is 416 g/mol. The Kier molecular flexibility index (Phi) is 6.16. The first-order chi connectivity index (χ1) is 13.1. The summed E-state index contributed by atoms with van der Waals surface area (Å²) in [5.41, 5.74) is 0.933. The summed E-state index contributed by atoms with van der Waals surface area (Å²) < 4.78 is 11.3. The molecule has 3 aromatic rings. The molecule has 8 nitrogen and oxygen atoms in total. The Hall–Kier alpha value is -3.20. The molecule has 0 spiro atoms. The van der Waals surface area contributed by atoms with E-state index < -0.39 is 11.8 Å². The summed E-state index contributed by atoms with van der Waals surface area (Å²) in [4.78, 5) is 32.1. The van der Waals surface area contributed by atoms with Crippen molar-refractivity contribution < 1.29 is 18.7 Å². The number of amides is 2. The SMILES string of the molecule is O=C(CNC(=O)c1ccc(Br)o1)Nc1ncccc1OCc1ccncc1. The Morgan fingerprint density at radius 2 is 1.93 bits per heavy atom. The Bertz CT molecular complexity index is 930. The molecule has 9 heteroatoms. The van der Waals surface area contributed by atoms with Crippen LogP contribution < -0.4 is 15.4 Å². The molecule has 138 valence electrons. The Morgan fingerprint density at radius 3 is 2.67 bits per heavy atom. The molecule has 2 N–H and O–H groups in total. The van der Waals surface area contributed by atoms with Crippen molar-refractivity contribution >= 4 is 33.6 Å². The van der Waals surface area contributed by atoms with Crippen molar-refractivity contribution in [1.29, 1.82) is 0 Å². The second-order valence-corrected chi connectivity index (χ2v) is 6.11. The molecule has 0 fully saturated rings. The van der Waals surface area contributed by atoms with Gasteiger partial charge in [0.1, 0.15) is 6.61 Å². The van der Waals surface area contributed by atoms with Crippen LogP contribution in [0.4, 0.5) is 5.82 Å². The number of anilines is 1. The third-order valence-corrected chi connectivity index (χ3v) is 3.80. The maximum absolute atomic E-state index is 12.1. The first kappa shape index (κ1) is 18.6. The van der Waals surface area contributed by atoms with Gasteiger partial charge in [-0.15, -0.1) is 0 Å². The first-order valence-electron chi connectivity index (χ1n) is 7.92. The van der Waals surface area contributed by atoms with Crippen LogP contribution in [0.25, 0.3) is 0 Å². The summed E-state index contributed by atoms with van der Waals surface area (Å²) >= 11 is 3.11. The number of hydrogen-bond donors (Lipinski definition) is 2. The van der Waals surface area contributed by atoms with Gasteiger partial charge in [0.2, 0.25) is 5.91 Å². The van der Waals surface area contributed by atoms with Crippen LogP contribution >= 0.6 is 15.9 Å².